The van der Waals surface area contributed by atoms with Crippen molar-refractivity contribution >= 4 is 11.7 Å². The Labute approximate surface area is 184 Å². The van der Waals surface area contributed by atoms with Gasteiger partial charge in [0.15, 0.2) is 0 Å². The number of aliphatic imine (C=N–C) groups is 1. The van der Waals surface area contributed by atoms with Crippen molar-refractivity contribution in [1.82, 2.24) is 0 Å². The van der Waals surface area contributed by atoms with Crippen LogP contribution in [0.4, 0.5) is 0 Å². The van der Waals surface area contributed by atoms with Crippen LogP contribution in [-0.2, 0) is 16.0 Å². The van der Waals surface area contributed by atoms with E-state index in [1.54, 1.807) is 6.26 Å². The largest absolute Gasteiger partial charge is 0.493 e. The zero-order valence-electron chi connectivity index (χ0n) is 18.5. The van der Waals surface area contributed by atoms with Crippen LogP contribution >= 0.6 is 0 Å². The maximum atomic E-state index is 11.1. The molecule has 0 fully saturated rings. The van der Waals surface area contributed by atoms with Crippen molar-refractivity contribution in [3.63, 3.8) is 0 Å². The summed E-state index contributed by atoms with van der Waals surface area (Å²) in [4.78, 5) is 15.8. The number of fused-ring (bicyclic) bond motifs is 1. The smallest absolute Gasteiger partial charge is 0.303 e. The molecule has 1 aliphatic heterocycles. The fourth-order valence-electron chi connectivity index (χ4n) is 4.12. The Kier molecular flexibility index (Phi) is 7.88. The molecule has 1 aliphatic carbocycles. The number of ether oxygens (including phenoxy) is 2. The number of carbonyl (C=O) groups is 1. The molecular formula is C26H31NO4. The fraction of sp³-hybridized carbons (Fsp3) is 0.385. The number of hydrogen-bond acceptors (Lipinski definition) is 4. The highest BCUT2D eigenvalue weighted by molar-refractivity contribution is 6.02. The standard InChI is InChI=1S/C24H25NO4.C2H6/c1-16-11-18-12-20(7-8-21(18)22(16)13-24(26)27)29-10-9-19-14-28-15-23(25-19)17-5-3-2-4-6-17;1-2/h2-8,12,14,16,22H,9-11,13,15H2,1H3,(H,26,27);1-2H3. The van der Waals surface area contributed by atoms with Gasteiger partial charge >= 0.3 is 5.97 Å². The molecule has 0 radical (unpaired) electrons. The molecule has 2 aromatic rings. The summed E-state index contributed by atoms with van der Waals surface area (Å²) in [7, 11) is 0. The molecule has 5 heteroatoms. The third-order valence-electron chi connectivity index (χ3n) is 5.59. The van der Waals surface area contributed by atoms with Crippen LogP contribution in [-0.4, -0.2) is 30.0 Å². The van der Waals surface area contributed by atoms with E-state index in [9.17, 15) is 4.79 Å². The summed E-state index contributed by atoms with van der Waals surface area (Å²) in [5.74, 6) is 0.503. The zero-order chi connectivity index (χ0) is 22.2. The highest BCUT2D eigenvalue weighted by atomic mass is 16.5. The summed E-state index contributed by atoms with van der Waals surface area (Å²) >= 11 is 0. The molecule has 164 valence electrons. The minimum atomic E-state index is -0.742. The minimum absolute atomic E-state index is 0.0897. The molecule has 2 aromatic carbocycles. The molecule has 0 aromatic heterocycles. The van der Waals surface area contributed by atoms with Crippen LogP contribution in [0.1, 0.15) is 56.2 Å². The molecule has 4 rings (SSSR count). The third-order valence-corrected chi connectivity index (χ3v) is 5.59. The lowest BCUT2D eigenvalue weighted by atomic mass is 9.91. The number of carboxylic acids is 1. The van der Waals surface area contributed by atoms with Crippen molar-refractivity contribution in [2.24, 2.45) is 10.9 Å². The van der Waals surface area contributed by atoms with E-state index in [4.69, 9.17) is 19.6 Å². The van der Waals surface area contributed by atoms with Gasteiger partial charge in [0.25, 0.3) is 0 Å². The second-order valence-corrected chi connectivity index (χ2v) is 7.69. The molecule has 1 N–H and O–H groups in total. The number of benzene rings is 2. The van der Waals surface area contributed by atoms with Crippen LogP contribution in [0.15, 0.2) is 65.5 Å². The predicted octanol–water partition coefficient (Wildman–Crippen LogP) is 5.59. The molecule has 2 atom stereocenters. The molecular weight excluding hydrogens is 390 g/mol. The molecule has 1 heterocycles. The van der Waals surface area contributed by atoms with Crippen molar-refractivity contribution < 1.29 is 19.4 Å². The lowest BCUT2D eigenvalue weighted by molar-refractivity contribution is -0.137. The monoisotopic (exact) mass is 421 g/mol. The summed E-state index contributed by atoms with van der Waals surface area (Å²) in [6, 6.07) is 16.1. The lowest BCUT2D eigenvalue weighted by Crippen LogP contribution is -2.13. The predicted molar refractivity (Wildman–Crippen MR) is 123 cm³/mol. The maximum Gasteiger partial charge on any atom is 0.303 e. The molecule has 2 unspecified atom stereocenters. The quantitative estimate of drug-likeness (QED) is 0.632. The molecule has 31 heavy (non-hydrogen) atoms. The van der Waals surface area contributed by atoms with E-state index in [1.807, 2.05) is 56.3 Å². The Morgan fingerprint density at radius 3 is 2.71 bits per heavy atom. The number of hydrogen-bond donors (Lipinski definition) is 1. The van der Waals surface area contributed by atoms with Gasteiger partial charge in [0, 0.05) is 6.42 Å². The summed E-state index contributed by atoms with van der Waals surface area (Å²) in [5, 5.41) is 9.15. The van der Waals surface area contributed by atoms with Crippen LogP contribution in [0, 0.1) is 5.92 Å². The van der Waals surface area contributed by atoms with Gasteiger partial charge in [0.1, 0.15) is 18.6 Å². The van der Waals surface area contributed by atoms with Crippen LogP contribution in [0.5, 0.6) is 5.75 Å². The van der Waals surface area contributed by atoms with Crippen molar-refractivity contribution in [2.45, 2.75) is 46.0 Å². The topological polar surface area (TPSA) is 68.1 Å². The number of rotatable bonds is 7. The summed E-state index contributed by atoms with van der Waals surface area (Å²) < 4.78 is 11.5. The van der Waals surface area contributed by atoms with E-state index < -0.39 is 5.97 Å². The first-order chi connectivity index (χ1) is 15.1. The Hall–Kier alpha value is -3.08. The highest BCUT2D eigenvalue weighted by Gasteiger charge is 2.31. The SMILES string of the molecule is CC.CC1Cc2cc(OCCC3=COCC(c4ccccc4)=N3)ccc2C1CC(=O)O. The van der Waals surface area contributed by atoms with Gasteiger partial charge in [0.05, 0.1) is 24.4 Å². The Bertz CT molecular complexity index is 949. The number of carboxylic acid groups (broad SMARTS) is 1. The Balaban J connectivity index is 0.00000132. The average Bonchev–Trinajstić information content (AvgIpc) is 3.10. The van der Waals surface area contributed by atoms with Gasteiger partial charge in [0.2, 0.25) is 0 Å². The van der Waals surface area contributed by atoms with Crippen LogP contribution in [0.25, 0.3) is 0 Å². The first-order valence-corrected chi connectivity index (χ1v) is 11.0. The minimum Gasteiger partial charge on any atom is -0.493 e. The zero-order valence-corrected chi connectivity index (χ0v) is 18.5. The fourth-order valence-corrected chi connectivity index (χ4v) is 4.12. The summed E-state index contributed by atoms with van der Waals surface area (Å²) in [5.41, 5.74) is 5.21. The van der Waals surface area contributed by atoms with Crippen LogP contribution in [0.2, 0.25) is 0 Å². The van der Waals surface area contributed by atoms with Gasteiger partial charge in [-0.15, -0.1) is 0 Å². The summed E-state index contributed by atoms with van der Waals surface area (Å²) in [6.45, 7) is 7.11. The van der Waals surface area contributed by atoms with Gasteiger partial charge in [-0.1, -0.05) is 57.2 Å². The Morgan fingerprint density at radius 2 is 1.97 bits per heavy atom. The summed E-state index contributed by atoms with van der Waals surface area (Å²) in [6.07, 6.45) is 3.45. The Morgan fingerprint density at radius 1 is 1.19 bits per heavy atom. The molecule has 0 bridgehead atoms. The van der Waals surface area contributed by atoms with E-state index in [0.717, 1.165) is 34.7 Å². The molecule has 5 nitrogen and oxygen atoms in total. The van der Waals surface area contributed by atoms with E-state index in [0.29, 0.717) is 25.6 Å². The van der Waals surface area contributed by atoms with Gasteiger partial charge in [-0.05, 0) is 47.1 Å². The molecule has 0 saturated carbocycles. The molecule has 0 amide bonds. The normalized spacial score (nSPS) is 19.2. The van der Waals surface area contributed by atoms with E-state index in [-0.39, 0.29) is 12.3 Å². The van der Waals surface area contributed by atoms with Gasteiger partial charge < -0.3 is 14.6 Å². The molecule has 2 aliphatic rings. The third kappa shape index (κ3) is 5.75. The van der Waals surface area contributed by atoms with Crippen LogP contribution < -0.4 is 4.74 Å². The maximum absolute atomic E-state index is 11.1. The van der Waals surface area contributed by atoms with Crippen molar-refractivity contribution in [3.05, 3.63) is 77.2 Å². The first-order valence-electron chi connectivity index (χ1n) is 11.0. The van der Waals surface area contributed by atoms with E-state index in [1.165, 1.54) is 5.56 Å². The second-order valence-electron chi connectivity index (χ2n) is 7.69. The average molecular weight is 422 g/mol. The van der Waals surface area contributed by atoms with Crippen molar-refractivity contribution in [3.8, 4) is 5.75 Å². The molecule has 0 spiro atoms. The van der Waals surface area contributed by atoms with Crippen molar-refractivity contribution in [1.29, 1.82) is 0 Å². The number of nitrogens with zero attached hydrogens (tertiary/aromatic N) is 1. The van der Waals surface area contributed by atoms with Crippen LogP contribution in [0.3, 0.4) is 0 Å². The van der Waals surface area contributed by atoms with Gasteiger partial charge in [-0.25, -0.2) is 0 Å². The van der Waals surface area contributed by atoms with Crippen molar-refractivity contribution in [2.75, 3.05) is 13.2 Å². The first kappa shape index (κ1) is 22.6. The number of aliphatic carboxylic acids is 1. The van der Waals surface area contributed by atoms with E-state index in [2.05, 4.69) is 13.0 Å². The lowest BCUT2D eigenvalue weighted by Gasteiger charge is -2.15. The van der Waals surface area contributed by atoms with Gasteiger partial charge in [-0.3, -0.25) is 9.79 Å². The highest BCUT2D eigenvalue weighted by Crippen LogP contribution is 2.41. The second kappa shape index (κ2) is 10.8. The molecule has 0 saturated heterocycles. The van der Waals surface area contributed by atoms with E-state index >= 15 is 0 Å². The van der Waals surface area contributed by atoms with Gasteiger partial charge in [-0.2, -0.15) is 0 Å².